The maximum atomic E-state index is 12.8. The molecule has 16 nitrogen and oxygen atoms in total. The Morgan fingerprint density at radius 1 is 0.347 bits per heavy atom. The molecule has 0 unspecified atom stereocenters. The first-order valence-corrected chi connectivity index (χ1v) is 51.1. The molecule has 5 aromatic heterocycles. The Balaban J connectivity index is 0.000000240. The predicted octanol–water partition coefficient (Wildman–Crippen LogP) is 25.8. The lowest BCUT2D eigenvalue weighted by molar-refractivity contribution is -0.111. The van der Waals surface area contributed by atoms with E-state index >= 15 is 0 Å². The molecule has 0 saturated heterocycles. The molecular formula is C102H141N9O7S6. The number of thioether (sulfide) groups is 4. The zero-order chi connectivity index (χ0) is 90.3. The first-order chi connectivity index (χ1) is 60.1. The molecule has 672 valence electrons. The van der Waals surface area contributed by atoms with Crippen LogP contribution in [0.3, 0.4) is 0 Å². The summed E-state index contributed by atoms with van der Waals surface area (Å²) in [5, 5.41) is 13.5. The first kappa shape index (κ1) is 105. The number of thiocarbonyl (C=S) groups is 2. The van der Waals surface area contributed by atoms with Crippen molar-refractivity contribution < 1.29 is 9.59 Å². The molecule has 124 heavy (non-hydrogen) atoms. The average molecular weight is 1800 g/mol. The highest BCUT2D eigenvalue weighted by Gasteiger charge is 2.21. The molecule has 22 heteroatoms. The van der Waals surface area contributed by atoms with Gasteiger partial charge in [-0.15, -0.1) is 23.5 Å². The third-order valence-electron chi connectivity index (χ3n) is 23.4. The van der Waals surface area contributed by atoms with E-state index in [0.29, 0.717) is 38.6 Å². The summed E-state index contributed by atoms with van der Waals surface area (Å²) in [7, 11) is 0. The summed E-state index contributed by atoms with van der Waals surface area (Å²) in [4.78, 5) is 96.3. The minimum absolute atomic E-state index is 0.0593. The minimum atomic E-state index is -0.0593. The molecule has 0 aliphatic rings. The molecule has 0 radical (unpaired) electrons. The number of isothiocyanates is 1. The van der Waals surface area contributed by atoms with Gasteiger partial charge in [0.1, 0.15) is 17.7 Å². The van der Waals surface area contributed by atoms with E-state index in [0.717, 1.165) is 179 Å². The highest BCUT2D eigenvalue weighted by atomic mass is 32.2. The maximum Gasteiger partial charge on any atom is 0.280 e. The molecule has 1 amide bonds. The number of fused-ring (bicyclic) bond motifs is 5. The van der Waals surface area contributed by atoms with E-state index in [1.807, 2.05) is 182 Å². The van der Waals surface area contributed by atoms with Crippen molar-refractivity contribution in [2.75, 3.05) is 25.0 Å². The number of hydrogen-bond donors (Lipinski definition) is 2. The van der Waals surface area contributed by atoms with E-state index in [-0.39, 0.29) is 37.5 Å². The Morgan fingerprint density at radius 2 is 0.613 bits per heavy atom. The van der Waals surface area contributed by atoms with Gasteiger partial charge in [-0.25, -0.2) is 4.99 Å². The molecular weight excluding hydrogens is 1660 g/mol. The molecule has 0 spiro atoms. The monoisotopic (exact) mass is 1800 g/mol. The summed E-state index contributed by atoms with van der Waals surface area (Å²) in [6, 6.07) is 38.8. The molecule has 10 rings (SSSR count). The average Bonchev–Trinajstić information content (AvgIpc) is 0.799. The number of aromatic nitrogens is 5. The standard InChI is InChI=1S/C21H30N2O2S.C21H30N2OS.C21H29NO2S.C20H28N2OS2.C19H24N2OS/c1-4-5-6-7-8-9-13-18-16(2)20(24)17-12-10-11-14-19(17)23(18)15-22-21(25)26-3;1-5-6-7-8-9-13-19-16(2)21(24)18-12-10-11-14-20(18)23(19)15-22-17(3)25-4;1-4-5-6-7-8-9-13-18-16(2)21(24)17-12-10-11-14-19(17)22(18)15-20(23)25-3;1-4-5-6-7-8-12-17-15(2)19(23)16-11-9-10-13-18(16)22(17)14-21-20(24)25-3;1-3-4-5-6-7-11-17-15(2)19(22)16-10-8-9-12-18(16)21(17)13-20-14-23/h10-12,14H,4-9,13,15H2,1-3H3,(H,22,25);10-12,14H,5-9,13,15H2,1-4H3;10-12,14H,4-9,13,15H2,1-3H3;9-11,13H,4-8,12,14H2,1-3H3,(H,21,24);8-10,12H,3-7,11,13H2,1-2H3. The Bertz CT molecular complexity index is 5480. The number of para-hydroxylation sites is 5. The molecule has 0 atom stereocenters. The Labute approximate surface area is 766 Å². The highest BCUT2D eigenvalue weighted by Crippen LogP contribution is 2.27. The van der Waals surface area contributed by atoms with Gasteiger partial charge >= 0.3 is 0 Å². The van der Waals surface area contributed by atoms with Crippen molar-refractivity contribution in [1.29, 1.82) is 0 Å². The van der Waals surface area contributed by atoms with Crippen LogP contribution < -0.4 is 37.8 Å². The lowest BCUT2D eigenvalue weighted by Gasteiger charge is -2.20. The zero-order valence-electron chi connectivity index (χ0n) is 77.1. The maximum absolute atomic E-state index is 12.8. The normalized spacial score (nSPS) is 11.2. The summed E-state index contributed by atoms with van der Waals surface area (Å²) in [5.41, 5.74) is 15.0. The molecule has 10 aromatic rings. The highest BCUT2D eigenvalue weighted by molar-refractivity contribution is 8.22. The van der Waals surface area contributed by atoms with E-state index in [1.165, 1.54) is 177 Å². The Hall–Kier alpha value is -7.95. The number of nitrogens with zero attached hydrogens (tertiary/aromatic N) is 7. The number of carbonyl (C=O) groups excluding carboxylic acids is 2. The number of unbranched alkanes of at least 4 members (excludes halogenated alkanes) is 22. The molecule has 2 N–H and O–H groups in total. The minimum Gasteiger partial charge on any atom is -0.353 e. The SMILES string of the molecule is CCCCCCCCc1c(C)c(=O)c2ccccc2n1CC(=O)SC.CCCCCCCCc1c(C)c(=O)c2ccccc2n1CNC(=O)SC.CCCCCCCc1c(C)c(=O)c2ccccc2n1CN=C(C)SC.CCCCCCCc1c(C)c(=O)c2ccccc2n1CN=C=S.CCCCCCCc1c(C)c(=O)c2ccccc2n1CNC(=S)SC. The summed E-state index contributed by atoms with van der Waals surface area (Å²) < 4.78 is 11.5. The number of hydrogen-bond acceptors (Lipinski definition) is 15. The quantitative estimate of drug-likeness (QED) is 0.0159. The van der Waals surface area contributed by atoms with Gasteiger partial charge in [0.05, 0.1) is 57.7 Å². The first-order valence-electron chi connectivity index (χ1n) is 45.4. The lowest BCUT2D eigenvalue weighted by Crippen LogP contribution is -2.27. The molecule has 5 aromatic carbocycles. The van der Waals surface area contributed by atoms with Crippen molar-refractivity contribution in [3.05, 3.63) is 229 Å². The van der Waals surface area contributed by atoms with E-state index in [1.54, 1.807) is 18.0 Å². The van der Waals surface area contributed by atoms with Crippen molar-refractivity contribution in [2.45, 2.75) is 315 Å². The van der Waals surface area contributed by atoms with Gasteiger partial charge in [0.25, 0.3) is 5.24 Å². The van der Waals surface area contributed by atoms with Crippen LogP contribution in [0.1, 0.15) is 271 Å². The van der Waals surface area contributed by atoms with Crippen LogP contribution >= 0.6 is 71.5 Å². The number of benzene rings is 5. The van der Waals surface area contributed by atoms with Crippen LogP contribution in [0.25, 0.3) is 54.5 Å². The molecule has 0 saturated carbocycles. The number of nitrogens with one attached hydrogen (secondary N) is 2. The molecule has 0 bridgehead atoms. The smallest absolute Gasteiger partial charge is 0.280 e. The van der Waals surface area contributed by atoms with Gasteiger partial charge in [0.2, 0.25) is 5.12 Å². The number of pyridine rings is 5. The topological polar surface area (TPSA) is 193 Å². The second-order valence-corrected chi connectivity index (χ2v) is 36.4. The van der Waals surface area contributed by atoms with Gasteiger partial charge < -0.3 is 33.5 Å². The van der Waals surface area contributed by atoms with Crippen LogP contribution in [0.15, 0.2) is 155 Å². The van der Waals surface area contributed by atoms with Crippen molar-refractivity contribution in [3.8, 4) is 0 Å². The number of amides is 1. The van der Waals surface area contributed by atoms with Crippen LogP contribution in [0, 0.1) is 34.6 Å². The summed E-state index contributed by atoms with van der Waals surface area (Å²) in [6.07, 6.45) is 45.1. The molecule has 5 heterocycles. The summed E-state index contributed by atoms with van der Waals surface area (Å²) >= 11 is 15.6. The van der Waals surface area contributed by atoms with Crippen LogP contribution in [0.5, 0.6) is 0 Å². The van der Waals surface area contributed by atoms with Gasteiger partial charge in [-0.2, -0.15) is 0 Å². The van der Waals surface area contributed by atoms with Crippen molar-refractivity contribution >= 4 is 151 Å². The zero-order valence-corrected chi connectivity index (χ0v) is 82.0. The van der Waals surface area contributed by atoms with E-state index in [9.17, 15) is 33.6 Å². The van der Waals surface area contributed by atoms with Crippen molar-refractivity contribution in [2.24, 2.45) is 9.98 Å². The van der Waals surface area contributed by atoms with E-state index in [2.05, 4.69) is 78.2 Å². The van der Waals surface area contributed by atoms with Crippen molar-refractivity contribution in [3.63, 3.8) is 0 Å². The fourth-order valence-electron chi connectivity index (χ4n) is 16.2. The third-order valence-corrected chi connectivity index (χ3v) is 26.5. The number of rotatable bonds is 42. The third kappa shape index (κ3) is 31.5. The molecule has 0 fully saturated rings. The van der Waals surface area contributed by atoms with Gasteiger partial charge in [-0.1, -0.05) is 272 Å². The number of aliphatic imine (C=N–C) groups is 2. The Kier molecular flexibility index (Phi) is 49.4. The second-order valence-electron chi connectivity index (χ2n) is 32.1. The Morgan fingerprint density at radius 3 is 0.903 bits per heavy atom. The van der Waals surface area contributed by atoms with Crippen LogP contribution in [0.2, 0.25) is 0 Å². The fourth-order valence-corrected chi connectivity index (χ4v) is 17.2. The summed E-state index contributed by atoms with van der Waals surface area (Å²) in [5.74, 6) is 0. The molecule has 0 aliphatic heterocycles. The predicted molar refractivity (Wildman–Crippen MR) is 548 cm³/mol. The van der Waals surface area contributed by atoms with Crippen molar-refractivity contribution in [1.82, 2.24) is 33.5 Å². The van der Waals surface area contributed by atoms with Gasteiger partial charge in [-0.05, 0) is 204 Å². The van der Waals surface area contributed by atoms with E-state index in [4.69, 9.17) is 29.4 Å². The molecule has 0 aliphatic carbocycles. The van der Waals surface area contributed by atoms with Gasteiger partial charge in [0.15, 0.2) is 27.1 Å². The second kappa shape index (κ2) is 58.4. The van der Waals surface area contributed by atoms with E-state index < -0.39 is 0 Å². The lowest BCUT2D eigenvalue weighted by atomic mass is 10.0. The summed E-state index contributed by atoms with van der Waals surface area (Å²) in [6.45, 7) is 25.2. The largest absolute Gasteiger partial charge is 0.353 e. The van der Waals surface area contributed by atoms with Crippen LogP contribution in [-0.4, -0.2) is 72.7 Å². The van der Waals surface area contributed by atoms with Crippen LogP contribution in [-0.2, 0) is 70.1 Å². The fraction of sp³-hybridized carbons (Fsp3) is 0.510. The number of carbonyl (C=O) groups is 2. The van der Waals surface area contributed by atoms with Crippen LogP contribution in [0.4, 0.5) is 4.79 Å². The van der Waals surface area contributed by atoms with Gasteiger partial charge in [0, 0.05) is 83.2 Å². The van der Waals surface area contributed by atoms with Gasteiger partial charge in [-0.3, -0.25) is 38.6 Å².